The molecule has 0 atom stereocenters. The zero-order valence-electron chi connectivity index (χ0n) is 17.5. The highest BCUT2D eigenvalue weighted by Gasteiger charge is 2.33. The quantitative estimate of drug-likeness (QED) is 0.677. The Kier molecular flexibility index (Phi) is 6.35. The van der Waals surface area contributed by atoms with Gasteiger partial charge in [-0.15, -0.1) is 0 Å². The number of aromatic nitrogens is 1. The number of hydrogen-bond acceptors (Lipinski definition) is 7. The molecule has 168 valence electrons. The molecular weight excluding hydrogens is 440 g/mol. The minimum atomic E-state index is -3.80. The van der Waals surface area contributed by atoms with Gasteiger partial charge in [0.25, 0.3) is 0 Å². The van der Waals surface area contributed by atoms with Crippen molar-refractivity contribution in [3.8, 4) is 11.5 Å². The SMILES string of the molecule is COc1ccc(OC)c(S(=O)(=O)N2CCc3nc(NC(=O)NC4CCCC4)sc3C2)c1. The van der Waals surface area contributed by atoms with E-state index in [1.54, 1.807) is 12.1 Å². The number of nitrogens with zero attached hydrogens (tertiary/aromatic N) is 2. The number of urea groups is 1. The zero-order chi connectivity index (χ0) is 22.0. The van der Waals surface area contributed by atoms with Crippen LogP contribution >= 0.6 is 11.3 Å². The highest BCUT2D eigenvalue weighted by molar-refractivity contribution is 7.89. The van der Waals surface area contributed by atoms with Crippen LogP contribution in [0, 0.1) is 0 Å². The molecule has 1 saturated carbocycles. The zero-order valence-corrected chi connectivity index (χ0v) is 19.1. The first-order chi connectivity index (χ1) is 14.9. The van der Waals surface area contributed by atoms with Crippen molar-refractivity contribution in [2.75, 3.05) is 26.1 Å². The van der Waals surface area contributed by atoms with Gasteiger partial charge in [0.05, 0.1) is 26.5 Å². The minimum absolute atomic E-state index is 0.0663. The van der Waals surface area contributed by atoms with Crippen LogP contribution in [-0.2, 0) is 23.0 Å². The molecule has 0 radical (unpaired) electrons. The van der Waals surface area contributed by atoms with Gasteiger partial charge >= 0.3 is 6.03 Å². The number of sulfonamides is 1. The van der Waals surface area contributed by atoms with Gasteiger partial charge in [-0.2, -0.15) is 4.31 Å². The maximum Gasteiger partial charge on any atom is 0.321 e. The first-order valence-electron chi connectivity index (χ1n) is 10.2. The normalized spacial score (nSPS) is 17.2. The number of amides is 2. The van der Waals surface area contributed by atoms with Gasteiger partial charge in [-0.05, 0) is 25.0 Å². The van der Waals surface area contributed by atoms with Gasteiger partial charge in [0.1, 0.15) is 16.4 Å². The van der Waals surface area contributed by atoms with E-state index < -0.39 is 10.0 Å². The third kappa shape index (κ3) is 4.63. The second-order valence-corrected chi connectivity index (χ2v) is 10.6. The van der Waals surface area contributed by atoms with Gasteiger partial charge in [-0.3, -0.25) is 5.32 Å². The average Bonchev–Trinajstić information content (AvgIpc) is 3.41. The van der Waals surface area contributed by atoms with E-state index in [4.69, 9.17) is 9.47 Å². The summed E-state index contributed by atoms with van der Waals surface area (Å²) in [6.45, 7) is 0.495. The number of ether oxygens (including phenoxy) is 2. The van der Waals surface area contributed by atoms with Crippen molar-refractivity contribution < 1.29 is 22.7 Å². The molecule has 1 fully saturated rings. The maximum atomic E-state index is 13.3. The van der Waals surface area contributed by atoms with Gasteiger partial charge in [0.15, 0.2) is 5.13 Å². The fourth-order valence-electron chi connectivity index (χ4n) is 3.94. The number of fused-ring (bicyclic) bond motifs is 1. The lowest BCUT2D eigenvalue weighted by Gasteiger charge is -2.26. The number of hydrogen-bond donors (Lipinski definition) is 2. The fraction of sp³-hybridized carbons (Fsp3) is 0.500. The monoisotopic (exact) mass is 466 g/mol. The summed E-state index contributed by atoms with van der Waals surface area (Å²) in [6, 6.07) is 4.66. The van der Waals surface area contributed by atoms with Crippen molar-refractivity contribution in [2.24, 2.45) is 0 Å². The molecule has 1 aromatic heterocycles. The lowest BCUT2D eigenvalue weighted by molar-refractivity contribution is 0.248. The van der Waals surface area contributed by atoms with Crippen LogP contribution in [0.4, 0.5) is 9.93 Å². The molecule has 0 saturated heterocycles. The van der Waals surface area contributed by atoms with Crippen LogP contribution in [0.15, 0.2) is 23.1 Å². The van der Waals surface area contributed by atoms with Crippen molar-refractivity contribution in [1.29, 1.82) is 0 Å². The van der Waals surface area contributed by atoms with Gasteiger partial charge in [-0.25, -0.2) is 18.2 Å². The van der Waals surface area contributed by atoms with E-state index >= 15 is 0 Å². The number of rotatable bonds is 6. The molecule has 2 heterocycles. The Morgan fingerprint density at radius 1 is 1.23 bits per heavy atom. The number of methoxy groups -OCH3 is 2. The van der Waals surface area contributed by atoms with Crippen LogP contribution in [0.5, 0.6) is 11.5 Å². The maximum absolute atomic E-state index is 13.3. The summed E-state index contributed by atoms with van der Waals surface area (Å²) in [7, 11) is -0.878. The molecule has 4 rings (SSSR count). The summed E-state index contributed by atoms with van der Waals surface area (Å²) >= 11 is 1.31. The number of carbonyl (C=O) groups is 1. The molecular formula is C20H26N4O5S2. The molecule has 31 heavy (non-hydrogen) atoms. The van der Waals surface area contributed by atoms with Crippen LogP contribution in [0.25, 0.3) is 0 Å². The standard InChI is InChI=1S/C20H26N4O5S2/c1-28-14-7-8-16(29-2)18(11-14)31(26,27)24-10-9-15-17(12-24)30-20(22-15)23-19(25)21-13-5-3-4-6-13/h7-8,11,13H,3-6,9-10,12H2,1-2H3,(H2,21,22,23,25). The molecule has 2 N–H and O–H groups in total. The van der Waals surface area contributed by atoms with Crippen LogP contribution in [0.1, 0.15) is 36.3 Å². The van der Waals surface area contributed by atoms with Crippen molar-refractivity contribution >= 4 is 32.5 Å². The number of carbonyl (C=O) groups excluding carboxylic acids is 1. The van der Waals surface area contributed by atoms with Crippen molar-refractivity contribution in [2.45, 2.75) is 49.6 Å². The molecule has 0 spiro atoms. The number of nitrogens with one attached hydrogen (secondary N) is 2. The average molecular weight is 467 g/mol. The Morgan fingerprint density at radius 2 is 2.00 bits per heavy atom. The van der Waals surface area contributed by atoms with Gasteiger partial charge in [0.2, 0.25) is 10.0 Å². The van der Waals surface area contributed by atoms with Crippen LogP contribution < -0.4 is 20.1 Å². The van der Waals surface area contributed by atoms with E-state index in [1.807, 2.05) is 0 Å². The lowest BCUT2D eigenvalue weighted by atomic mass is 10.2. The third-order valence-corrected chi connectivity index (χ3v) is 8.46. The Hall–Kier alpha value is -2.37. The molecule has 1 aromatic carbocycles. The molecule has 1 aliphatic carbocycles. The summed E-state index contributed by atoms with van der Waals surface area (Å²) in [5.41, 5.74) is 0.824. The van der Waals surface area contributed by atoms with E-state index in [2.05, 4.69) is 15.6 Å². The Labute approximate surface area is 185 Å². The largest absolute Gasteiger partial charge is 0.497 e. The van der Waals surface area contributed by atoms with E-state index in [-0.39, 0.29) is 29.3 Å². The number of thiazole rings is 1. The molecule has 2 aliphatic rings. The molecule has 1 aliphatic heterocycles. The van der Waals surface area contributed by atoms with Gasteiger partial charge in [-0.1, -0.05) is 24.2 Å². The van der Waals surface area contributed by atoms with E-state index in [9.17, 15) is 13.2 Å². The molecule has 0 unspecified atom stereocenters. The highest BCUT2D eigenvalue weighted by atomic mass is 32.2. The highest BCUT2D eigenvalue weighted by Crippen LogP contribution is 2.35. The first-order valence-corrected chi connectivity index (χ1v) is 12.4. The second kappa shape index (κ2) is 9.01. The molecule has 0 bridgehead atoms. The van der Waals surface area contributed by atoms with E-state index in [0.29, 0.717) is 23.8 Å². The summed E-state index contributed by atoms with van der Waals surface area (Å²) in [5.74, 6) is 0.705. The molecule has 2 amide bonds. The number of benzene rings is 1. The summed E-state index contributed by atoms with van der Waals surface area (Å²) in [6.07, 6.45) is 4.76. The topological polar surface area (TPSA) is 110 Å². The number of anilines is 1. The summed E-state index contributed by atoms with van der Waals surface area (Å²) in [4.78, 5) is 17.6. The van der Waals surface area contributed by atoms with E-state index in [1.165, 1.54) is 35.9 Å². The Balaban J connectivity index is 1.49. The van der Waals surface area contributed by atoms with Crippen molar-refractivity contribution in [3.63, 3.8) is 0 Å². The van der Waals surface area contributed by atoms with Crippen LogP contribution in [0.2, 0.25) is 0 Å². The fourth-order valence-corrected chi connectivity index (χ4v) is 6.62. The van der Waals surface area contributed by atoms with Crippen LogP contribution in [0.3, 0.4) is 0 Å². The van der Waals surface area contributed by atoms with Crippen molar-refractivity contribution in [1.82, 2.24) is 14.6 Å². The molecule has 9 nitrogen and oxygen atoms in total. The third-order valence-electron chi connectivity index (χ3n) is 5.60. The lowest BCUT2D eigenvalue weighted by Crippen LogP contribution is -2.36. The summed E-state index contributed by atoms with van der Waals surface area (Å²) < 4.78 is 38.5. The summed E-state index contributed by atoms with van der Waals surface area (Å²) in [5, 5.41) is 6.25. The second-order valence-electron chi connectivity index (χ2n) is 7.57. The van der Waals surface area contributed by atoms with Gasteiger partial charge in [0, 0.05) is 30.0 Å². The Morgan fingerprint density at radius 3 is 2.71 bits per heavy atom. The smallest absolute Gasteiger partial charge is 0.321 e. The van der Waals surface area contributed by atoms with Crippen LogP contribution in [-0.4, -0.2) is 50.5 Å². The molecule has 2 aromatic rings. The Bertz CT molecular complexity index is 1060. The predicted octanol–water partition coefficient (Wildman–Crippen LogP) is 2.97. The minimum Gasteiger partial charge on any atom is -0.497 e. The van der Waals surface area contributed by atoms with Gasteiger partial charge < -0.3 is 14.8 Å². The molecule has 11 heteroatoms. The predicted molar refractivity (Wildman–Crippen MR) is 117 cm³/mol. The first kappa shape index (κ1) is 21.8. The van der Waals surface area contributed by atoms with Crippen molar-refractivity contribution in [3.05, 3.63) is 28.8 Å². The van der Waals surface area contributed by atoms with E-state index in [0.717, 1.165) is 36.3 Å².